The highest BCUT2D eigenvalue weighted by molar-refractivity contribution is 8.15. The average molecular weight is 508 g/mol. The van der Waals surface area contributed by atoms with Gasteiger partial charge in [0, 0.05) is 25.6 Å². The van der Waals surface area contributed by atoms with E-state index in [4.69, 9.17) is 5.73 Å². The van der Waals surface area contributed by atoms with Crippen LogP contribution >= 0.6 is 11.8 Å². The van der Waals surface area contributed by atoms with Crippen LogP contribution in [0, 0.1) is 23.6 Å². The first kappa shape index (κ1) is 25.6. The second kappa shape index (κ2) is 9.51. The average Bonchev–Trinajstić information content (AvgIpc) is 3.66. The zero-order chi connectivity index (χ0) is 26.3. The van der Waals surface area contributed by atoms with E-state index in [1.165, 1.54) is 41.6 Å². The predicted molar refractivity (Wildman–Crippen MR) is 140 cm³/mol. The number of amidine groups is 1. The Kier molecular flexibility index (Phi) is 6.76. The van der Waals surface area contributed by atoms with E-state index in [9.17, 15) is 4.79 Å². The van der Waals surface area contributed by atoms with Crippen LogP contribution < -0.4 is 5.73 Å². The molecule has 2 aliphatic rings. The van der Waals surface area contributed by atoms with Crippen molar-refractivity contribution in [3.05, 3.63) is 71.1 Å². The lowest BCUT2D eigenvalue weighted by Crippen LogP contribution is -2.51. The van der Waals surface area contributed by atoms with Crippen molar-refractivity contribution in [2.45, 2.75) is 37.0 Å². The van der Waals surface area contributed by atoms with Crippen molar-refractivity contribution < 1.29 is 13.6 Å². The lowest BCUT2D eigenvalue weighted by molar-refractivity contribution is -0.130. The molecule has 1 aromatic carbocycles. The van der Waals surface area contributed by atoms with Crippen LogP contribution in [-0.2, 0) is 10.3 Å². The molecule has 0 saturated heterocycles. The van der Waals surface area contributed by atoms with Gasteiger partial charge in [-0.25, -0.2) is 23.7 Å². The Morgan fingerprint density at radius 1 is 1.28 bits per heavy atom. The summed E-state index contributed by atoms with van der Waals surface area (Å²) in [6.45, 7) is 7.48. The summed E-state index contributed by atoms with van der Waals surface area (Å²) in [6.07, 6.45) is 6.19. The number of hydrogen-bond donors (Lipinski definition) is 1. The van der Waals surface area contributed by atoms with Crippen LogP contribution in [0.2, 0.25) is 0 Å². The Morgan fingerprint density at radius 2 is 2.00 bits per heavy atom. The molecule has 36 heavy (non-hydrogen) atoms. The van der Waals surface area contributed by atoms with Crippen LogP contribution in [0.25, 0.3) is 11.9 Å². The maximum atomic E-state index is 15.1. The van der Waals surface area contributed by atoms with Gasteiger partial charge in [-0.15, -0.1) is 0 Å². The van der Waals surface area contributed by atoms with Gasteiger partial charge in [0.1, 0.15) is 27.5 Å². The van der Waals surface area contributed by atoms with Crippen LogP contribution in [0.4, 0.5) is 8.78 Å². The molecule has 0 unspecified atom stereocenters. The summed E-state index contributed by atoms with van der Waals surface area (Å²) < 4.78 is 29.0. The zero-order valence-corrected chi connectivity index (χ0v) is 21.4. The molecule has 0 bridgehead atoms. The first-order valence-corrected chi connectivity index (χ1v) is 12.2. The second-order valence-electron chi connectivity index (χ2n) is 9.40. The smallest absolute Gasteiger partial charge is 0.242 e. The molecule has 186 valence electrons. The molecule has 1 aromatic heterocycles. The van der Waals surface area contributed by atoms with Crippen molar-refractivity contribution in [1.82, 2.24) is 14.9 Å². The van der Waals surface area contributed by atoms with Gasteiger partial charge in [0.2, 0.25) is 5.91 Å². The molecule has 9 heteroatoms. The van der Waals surface area contributed by atoms with Crippen molar-refractivity contribution in [1.29, 1.82) is 0 Å². The molecule has 0 spiro atoms. The number of nitrogens with two attached hydrogens (primary N) is 1. The molecular weight excluding hydrogens is 480 g/mol. The van der Waals surface area contributed by atoms with Crippen molar-refractivity contribution in [3.8, 4) is 11.8 Å². The molecule has 4 rings (SSSR count). The molecule has 1 saturated carbocycles. The van der Waals surface area contributed by atoms with Crippen LogP contribution in [0.3, 0.4) is 0 Å². The molecule has 1 amide bonds. The van der Waals surface area contributed by atoms with E-state index < -0.39 is 21.9 Å². The van der Waals surface area contributed by atoms with Crippen LogP contribution in [-0.4, -0.2) is 44.8 Å². The Hall–Kier alpha value is -3.51. The van der Waals surface area contributed by atoms with Gasteiger partial charge in [0.25, 0.3) is 0 Å². The summed E-state index contributed by atoms with van der Waals surface area (Å²) in [5.74, 6) is 5.00. The van der Waals surface area contributed by atoms with E-state index in [0.717, 1.165) is 24.6 Å². The monoisotopic (exact) mass is 507 g/mol. The summed E-state index contributed by atoms with van der Waals surface area (Å²) in [7, 11) is 3.26. The first-order valence-electron chi connectivity index (χ1n) is 11.4. The SMILES string of the molecule is C=C1[C@@](C)(C(=O)N(C)C)SC(N)=N[C@]1(C)c1cc(/C=C(\F)c2cnc(C#CC3CC3)cn2)ccc1F. The minimum Gasteiger partial charge on any atom is -0.378 e. The van der Waals surface area contributed by atoms with Crippen molar-refractivity contribution >= 4 is 34.7 Å². The van der Waals surface area contributed by atoms with Crippen LogP contribution in [0.15, 0.2) is 47.7 Å². The van der Waals surface area contributed by atoms with Gasteiger partial charge in [-0.05, 0) is 62.0 Å². The number of carbonyl (C=O) groups excluding carboxylic acids is 1. The largest absolute Gasteiger partial charge is 0.378 e. The van der Waals surface area contributed by atoms with Gasteiger partial charge in [-0.1, -0.05) is 30.3 Å². The summed E-state index contributed by atoms with van der Waals surface area (Å²) in [4.78, 5) is 27.2. The quantitative estimate of drug-likeness (QED) is 0.486. The van der Waals surface area contributed by atoms with E-state index in [0.29, 0.717) is 22.7 Å². The van der Waals surface area contributed by atoms with Gasteiger partial charge in [-0.2, -0.15) is 0 Å². The summed E-state index contributed by atoms with van der Waals surface area (Å²) in [5, 5.41) is 0.134. The number of aromatic nitrogens is 2. The number of halogens is 2. The van der Waals surface area contributed by atoms with Gasteiger partial charge >= 0.3 is 0 Å². The highest BCUT2D eigenvalue weighted by Gasteiger charge is 2.51. The Bertz CT molecular complexity index is 1350. The van der Waals surface area contributed by atoms with Crippen molar-refractivity contribution in [2.75, 3.05) is 14.1 Å². The minimum absolute atomic E-state index is 0.0361. The number of nitrogens with zero attached hydrogens (tertiary/aromatic N) is 4. The lowest BCUT2D eigenvalue weighted by Gasteiger charge is -2.43. The standard InChI is InChI=1S/C27H27F2N5OS/c1-16-26(2,33-25(30)36-27(16,3)24(35)34(4)5)20-12-18(9-11-21(20)28)13-22(29)23-15-31-19(14-32-23)10-8-17-6-7-17/h9,11-15,17H,1,6-7H2,2-5H3,(H2,30,33)/b22-13-/t26-,27-/m0/s1. The highest BCUT2D eigenvalue weighted by atomic mass is 32.2. The number of amides is 1. The fourth-order valence-electron chi connectivity index (χ4n) is 4.01. The van der Waals surface area contributed by atoms with E-state index in [2.05, 4.69) is 33.4 Å². The number of aliphatic imine (C=N–C) groups is 1. The van der Waals surface area contributed by atoms with E-state index in [1.54, 1.807) is 27.9 Å². The topological polar surface area (TPSA) is 84.5 Å². The van der Waals surface area contributed by atoms with E-state index >= 15 is 8.78 Å². The van der Waals surface area contributed by atoms with Gasteiger partial charge < -0.3 is 10.6 Å². The van der Waals surface area contributed by atoms with Crippen LogP contribution in [0.1, 0.15) is 49.2 Å². The Balaban J connectivity index is 1.68. The fourth-order valence-corrected chi connectivity index (χ4v) is 5.25. The molecule has 1 aliphatic carbocycles. The van der Waals surface area contributed by atoms with Crippen molar-refractivity contribution in [2.24, 2.45) is 16.6 Å². The maximum Gasteiger partial charge on any atom is 0.242 e. The summed E-state index contributed by atoms with van der Waals surface area (Å²) in [5.41, 5.74) is 6.16. The molecule has 2 atom stereocenters. The van der Waals surface area contributed by atoms with Crippen molar-refractivity contribution in [3.63, 3.8) is 0 Å². The maximum absolute atomic E-state index is 15.1. The highest BCUT2D eigenvalue weighted by Crippen LogP contribution is 2.50. The molecule has 1 fully saturated rings. The number of rotatable bonds is 4. The third-order valence-corrected chi connectivity index (χ3v) is 7.44. The van der Waals surface area contributed by atoms with E-state index in [1.807, 2.05) is 0 Å². The lowest BCUT2D eigenvalue weighted by atomic mass is 9.77. The fraction of sp³-hybridized carbons (Fsp3) is 0.333. The Morgan fingerprint density at radius 3 is 2.61 bits per heavy atom. The molecule has 1 aliphatic heterocycles. The molecule has 6 nitrogen and oxygen atoms in total. The normalized spacial score (nSPS) is 24.0. The number of carbonyl (C=O) groups is 1. The predicted octanol–water partition coefficient (Wildman–Crippen LogP) is 4.52. The third kappa shape index (κ3) is 4.91. The van der Waals surface area contributed by atoms with Crippen LogP contribution in [0.5, 0.6) is 0 Å². The number of hydrogen-bond acceptors (Lipinski definition) is 6. The zero-order valence-electron chi connectivity index (χ0n) is 20.6. The number of thioether (sulfide) groups is 1. The number of benzene rings is 1. The first-order chi connectivity index (χ1) is 16.9. The summed E-state index contributed by atoms with van der Waals surface area (Å²) >= 11 is 1.08. The Labute approximate surface area is 213 Å². The van der Waals surface area contributed by atoms with E-state index in [-0.39, 0.29) is 22.3 Å². The molecule has 2 aromatic rings. The second-order valence-corrected chi connectivity index (χ2v) is 10.8. The molecule has 2 N–H and O–H groups in total. The van der Waals surface area contributed by atoms with Gasteiger partial charge in [0.05, 0.1) is 12.4 Å². The molecular formula is C27H27F2N5OS. The van der Waals surface area contributed by atoms with Gasteiger partial charge in [-0.3, -0.25) is 4.79 Å². The third-order valence-electron chi connectivity index (χ3n) is 6.31. The molecule has 2 heterocycles. The minimum atomic E-state index is -1.35. The van der Waals surface area contributed by atoms with Gasteiger partial charge in [0.15, 0.2) is 11.0 Å². The molecule has 0 radical (unpaired) electrons. The summed E-state index contributed by atoms with van der Waals surface area (Å²) in [6, 6.07) is 4.16.